The first-order valence-corrected chi connectivity index (χ1v) is 8.57. The molecule has 1 fully saturated rings. The van der Waals surface area contributed by atoms with Gasteiger partial charge in [0.15, 0.2) is 6.61 Å². The summed E-state index contributed by atoms with van der Waals surface area (Å²) in [7, 11) is 1.36. The summed E-state index contributed by atoms with van der Waals surface area (Å²) in [4.78, 5) is 27.2. The monoisotopic (exact) mass is 348 g/mol. The van der Waals surface area contributed by atoms with Gasteiger partial charge < -0.3 is 19.3 Å². The van der Waals surface area contributed by atoms with Crippen molar-refractivity contribution in [3.05, 3.63) is 29.3 Å². The predicted molar refractivity (Wildman–Crippen MR) is 95.9 cm³/mol. The first-order chi connectivity index (χ1) is 11.7. The van der Waals surface area contributed by atoms with E-state index in [1.807, 2.05) is 19.1 Å². The van der Waals surface area contributed by atoms with Crippen molar-refractivity contribution in [2.45, 2.75) is 33.1 Å². The van der Waals surface area contributed by atoms with E-state index in [2.05, 4.69) is 26.8 Å². The molecule has 0 unspecified atom stereocenters. The molecule has 0 saturated carbocycles. The Morgan fingerprint density at radius 3 is 2.24 bits per heavy atom. The molecule has 138 valence electrons. The van der Waals surface area contributed by atoms with Crippen LogP contribution in [0.2, 0.25) is 0 Å². The molecule has 25 heavy (non-hydrogen) atoms. The van der Waals surface area contributed by atoms with Crippen LogP contribution in [0, 0.1) is 6.92 Å². The second kappa shape index (κ2) is 7.76. The van der Waals surface area contributed by atoms with Crippen LogP contribution < -0.4 is 4.74 Å². The Kier molecular flexibility index (Phi) is 5.93. The fourth-order valence-electron chi connectivity index (χ4n) is 2.85. The van der Waals surface area contributed by atoms with Crippen LogP contribution in [0.25, 0.3) is 0 Å². The van der Waals surface area contributed by atoms with Crippen LogP contribution in [0.4, 0.5) is 4.79 Å². The minimum absolute atomic E-state index is 0.00433. The molecule has 0 aromatic heterocycles. The molecule has 0 aliphatic carbocycles. The fourth-order valence-corrected chi connectivity index (χ4v) is 2.85. The molecule has 0 N–H and O–H groups in total. The Balaban J connectivity index is 1.94. The van der Waals surface area contributed by atoms with Gasteiger partial charge in [-0.05, 0) is 24.0 Å². The number of methoxy groups -OCH3 is 1. The molecule has 0 spiro atoms. The maximum atomic E-state index is 12.4. The van der Waals surface area contributed by atoms with Gasteiger partial charge in [-0.15, -0.1) is 0 Å². The van der Waals surface area contributed by atoms with E-state index in [9.17, 15) is 9.59 Å². The second-order valence-electron chi connectivity index (χ2n) is 7.38. The summed E-state index contributed by atoms with van der Waals surface area (Å²) in [5, 5.41) is 0. The molecule has 1 heterocycles. The Morgan fingerprint density at radius 1 is 1.08 bits per heavy atom. The normalized spacial score (nSPS) is 15.1. The summed E-state index contributed by atoms with van der Waals surface area (Å²) < 4.78 is 10.5. The molecular weight excluding hydrogens is 320 g/mol. The molecule has 1 aromatic rings. The number of carbonyl (C=O) groups is 2. The molecule has 0 bridgehead atoms. The van der Waals surface area contributed by atoms with E-state index in [1.54, 1.807) is 9.80 Å². The van der Waals surface area contributed by atoms with Gasteiger partial charge in [-0.1, -0.05) is 38.5 Å². The summed E-state index contributed by atoms with van der Waals surface area (Å²) >= 11 is 0. The van der Waals surface area contributed by atoms with Crippen LogP contribution in [0.1, 0.15) is 31.9 Å². The van der Waals surface area contributed by atoms with E-state index < -0.39 is 0 Å². The van der Waals surface area contributed by atoms with Gasteiger partial charge in [0.05, 0.1) is 7.11 Å². The Labute approximate surface area is 149 Å². The fraction of sp³-hybridized carbons (Fsp3) is 0.579. The van der Waals surface area contributed by atoms with Gasteiger partial charge in [-0.3, -0.25) is 4.79 Å². The van der Waals surface area contributed by atoms with Gasteiger partial charge in [0.25, 0.3) is 5.91 Å². The highest BCUT2D eigenvalue weighted by Crippen LogP contribution is 2.32. The highest BCUT2D eigenvalue weighted by Gasteiger charge is 2.25. The molecule has 0 radical (unpaired) electrons. The van der Waals surface area contributed by atoms with Crippen LogP contribution in [-0.2, 0) is 14.9 Å². The lowest BCUT2D eigenvalue weighted by Gasteiger charge is -2.33. The summed E-state index contributed by atoms with van der Waals surface area (Å²) in [6, 6.07) is 6.03. The van der Waals surface area contributed by atoms with Crippen LogP contribution in [0.5, 0.6) is 5.75 Å². The lowest BCUT2D eigenvalue weighted by atomic mass is 9.85. The van der Waals surface area contributed by atoms with E-state index in [-0.39, 0.29) is 24.0 Å². The van der Waals surface area contributed by atoms with Gasteiger partial charge in [0, 0.05) is 26.2 Å². The van der Waals surface area contributed by atoms with Gasteiger partial charge in [-0.25, -0.2) is 4.79 Å². The molecule has 1 aromatic carbocycles. The van der Waals surface area contributed by atoms with E-state index in [0.717, 1.165) is 11.3 Å². The van der Waals surface area contributed by atoms with Crippen molar-refractivity contribution in [3.8, 4) is 5.75 Å². The zero-order valence-electron chi connectivity index (χ0n) is 15.8. The third kappa shape index (κ3) is 4.87. The Bertz CT molecular complexity index is 629. The molecule has 0 atom stereocenters. The van der Waals surface area contributed by atoms with Crippen molar-refractivity contribution in [2.75, 3.05) is 39.9 Å². The zero-order valence-corrected chi connectivity index (χ0v) is 15.8. The van der Waals surface area contributed by atoms with E-state index in [1.165, 1.54) is 12.7 Å². The van der Waals surface area contributed by atoms with Crippen molar-refractivity contribution in [1.29, 1.82) is 0 Å². The molecule has 1 saturated heterocycles. The van der Waals surface area contributed by atoms with E-state index >= 15 is 0 Å². The average molecular weight is 348 g/mol. The quantitative estimate of drug-likeness (QED) is 0.842. The van der Waals surface area contributed by atoms with Crippen LogP contribution in [0.15, 0.2) is 18.2 Å². The summed E-state index contributed by atoms with van der Waals surface area (Å²) in [5.74, 6) is 0.685. The number of carbonyl (C=O) groups excluding carboxylic acids is 2. The molecule has 6 nitrogen and oxygen atoms in total. The first kappa shape index (κ1) is 19.1. The number of rotatable bonds is 3. The van der Waals surface area contributed by atoms with Gasteiger partial charge in [0.1, 0.15) is 5.75 Å². The topological polar surface area (TPSA) is 59.1 Å². The van der Waals surface area contributed by atoms with Gasteiger partial charge in [-0.2, -0.15) is 0 Å². The van der Waals surface area contributed by atoms with E-state index in [4.69, 9.17) is 9.47 Å². The molecular formula is C19H28N2O4. The predicted octanol–water partition coefficient (Wildman–Crippen LogP) is 2.58. The molecule has 1 aliphatic heterocycles. The standard InChI is InChI=1S/C19H28N2O4/c1-14-6-7-16(15(12-14)19(2,3)4)25-13-17(22)20-8-10-21(11-9-20)18(23)24-5/h6-7,12H,8-11,13H2,1-5H3. The number of ether oxygens (including phenoxy) is 2. The highest BCUT2D eigenvalue weighted by atomic mass is 16.5. The molecule has 2 rings (SSSR count). The minimum Gasteiger partial charge on any atom is -0.483 e. The van der Waals surface area contributed by atoms with Gasteiger partial charge >= 0.3 is 6.09 Å². The summed E-state index contributed by atoms with van der Waals surface area (Å²) in [6.45, 7) is 10.4. The zero-order chi connectivity index (χ0) is 18.6. The SMILES string of the molecule is COC(=O)N1CCN(C(=O)COc2ccc(C)cc2C(C)(C)C)CC1. The smallest absolute Gasteiger partial charge is 0.409 e. The second-order valence-corrected chi connectivity index (χ2v) is 7.38. The lowest BCUT2D eigenvalue weighted by Crippen LogP contribution is -2.51. The maximum absolute atomic E-state index is 12.4. The average Bonchev–Trinajstić information content (AvgIpc) is 2.59. The maximum Gasteiger partial charge on any atom is 0.409 e. The van der Waals surface area contributed by atoms with Crippen LogP contribution >= 0.6 is 0 Å². The van der Waals surface area contributed by atoms with Crippen molar-refractivity contribution in [1.82, 2.24) is 9.80 Å². The van der Waals surface area contributed by atoms with Crippen molar-refractivity contribution < 1.29 is 19.1 Å². The van der Waals surface area contributed by atoms with Gasteiger partial charge in [0.2, 0.25) is 0 Å². The molecule has 2 amide bonds. The Morgan fingerprint density at radius 2 is 1.68 bits per heavy atom. The molecule has 6 heteroatoms. The largest absolute Gasteiger partial charge is 0.483 e. The van der Waals surface area contributed by atoms with E-state index in [0.29, 0.717) is 26.2 Å². The number of benzene rings is 1. The molecule has 1 aliphatic rings. The number of amides is 2. The summed E-state index contributed by atoms with van der Waals surface area (Å²) in [5.41, 5.74) is 2.20. The summed E-state index contributed by atoms with van der Waals surface area (Å²) in [6.07, 6.45) is -0.349. The van der Waals surface area contributed by atoms with Crippen molar-refractivity contribution >= 4 is 12.0 Å². The number of hydrogen-bond acceptors (Lipinski definition) is 4. The van der Waals surface area contributed by atoms with Crippen molar-refractivity contribution in [3.63, 3.8) is 0 Å². The highest BCUT2D eigenvalue weighted by molar-refractivity contribution is 5.78. The lowest BCUT2D eigenvalue weighted by molar-refractivity contribution is -0.134. The minimum atomic E-state index is -0.349. The van der Waals surface area contributed by atoms with Crippen LogP contribution in [-0.4, -0.2) is 61.7 Å². The third-order valence-corrected chi connectivity index (χ3v) is 4.36. The first-order valence-electron chi connectivity index (χ1n) is 8.57. The third-order valence-electron chi connectivity index (χ3n) is 4.36. The number of hydrogen-bond donors (Lipinski definition) is 0. The van der Waals surface area contributed by atoms with Crippen molar-refractivity contribution in [2.24, 2.45) is 0 Å². The number of piperazine rings is 1. The Hall–Kier alpha value is -2.24. The van der Waals surface area contributed by atoms with Crippen LogP contribution in [0.3, 0.4) is 0 Å². The number of aryl methyl sites for hydroxylation is 1. The number of nitrogens with zero attached hydrogens (tertiary/aromatic N) is 2.